The lowest BCUT2D eigenvalue weighted by Gasteiger charge is -2.10. The minimum absolute atomic E-state index is 0.0207. The number of nitrogens with zero attached hydrogens (tertiary/aromatic N) is 3. The largest absolute Gasteiger partial charge is 0.456 e. The first-order chi connectivity index (χ1) is 17.6. The molecule has 200 valence electrons. The summed E-state index contributed by atoms with van der Waals surface area (Å²) in [6, 6.07) is 9.24. The molecule has 1 heterocycles. The topological polar surface area (TPSA) is 136 Å². The SMILES string of the molecule is Cc1ccc(C)c(Cc2nc(COC(=O)COCCOCCI)nn2-c2ccc(S(N)(=O)=O)cc2F)c1. The van der Waals surface area contributed by atoms with Crippen LogP contribution in [-0.4, -0.2) is 60.0 Å². The van der Waals surface area contributed by atoms with Gasteiger partial charge in [0, 0.05) is 10.8 Å². The Bertz CT molecular complexity index is 1350. The van der Waals surface area contributed by atoms with Gasteiger partial charge in [0.15, 0.2) is 12.4 Å². The number of carbonyl (C=O) groups excluding carboxylic acids is 1. The maximum atomic E-state index is 15.0. The maximum Gasteiger partial charge on any atom is 0.332 e. The van der Waals surface area contributed by atoms with E-state index in [1.807, 2.05) is 32.0 Å². The summed E-state index contributed by atoms with van der Waals surface area (Å²) in [5.41, 5.74) is 2.99. The normalized spacial score (nSPS) is 11.6. The van der Waals surface area contributed by atoms with Crippen molar-refractivity contribution in [3.05, 3.63) is 70.6 Å². The van der Waals surface area contributed by atoms with Crippen molar-refractivity contribution < 1.29 is 31.8 Å². The third-order valence-corrected chi connectivity index (χ3v) is 6.57. The van der Waals surface area contributed by atoms with Crippen molar-refractivity contribution in [3.63, 3.8) is 0 Å². The van der Waals surface area contributed by atoms with Crippen LogP contribution in [0.3, 0.4) is 0 Å². The predicted octanol–water partition coefficient (Wildman–Crippen LogP) is 2.77. The van der Waals surface area contributed by atoms with Gasteiger partial charge in [-0.2, -0.15) is 0 Å². The number of alkyl halides is 1. The van der Waals surface area contributed by atoms with Crippen molar-refractivity contribution in [3.8, 4) is 5.69 Å². The number of halogens is 2. The fraction of sp³-hybridized carbons (Fsp3) is 0.375. The fourth-order valence-electron chi connectivity index (χ4n) is 3.37. The first kappa shape index (κ1) is 29.1. The Morgan fingerprint density at radius 3 is 2.57 bits per heavy atom. The molecule has 1 aromatic heterocycles. The van der Waals surface area contributed by atoms with Crippen LogP contribution in [0, 0.1) is 19.7 Å². The Morgan fingerprint density at radius 1 is 1.11 bits per heavy atom. The number of nitrogens with two attached hydrogens (primary N) is 1. The summed E-state index contributed by atoms with van der Waals surface area (Å²) in [7, 11) is -4.08. The molecule has 0 aliphatic carbocycles. The molecule has 0 aliphatic rings. The monoisotopic (exact) mass is 646 g/mol. The van der Waals surface area contributed by atoms with Crippen molar-refractivity contribution in [2.75, 3.05) is 30.9 Å². The number of sulfonamides is 1. The molecule has 2 aromatic carbocycles. The second-order valence-electron chi connectivity index (χ2n) is 8.14. The number of aromatic nitrogens is 3. The van der Waals surface area contributed by atoms with Crippen LogP contribution in [0.15, 0.2) is 41.3 Å². The highest BCUT2D eigenvalue weighted by molar-refractivity contribution is 14.1. The number of benzene rings is 2. The van der Waals surface area contributed by atoms with Crippen LogP contribution in [0.25, 0.3) is 5.69 Å². The molecule has 37 heavy (non-hydrogen) atoms. The lowest BCUT2D eigenvalue weighted by atomic mass is 10.0. The summed E-state index contributed by atoms with van der Waals surface area (Å²) < 4.78 is 56.1. The highest BCUT2D eigenvalue weighted by Gasteiger charge is 2.19. The maximum absolute atomic E-state index is 15.0. The number of hydrogen-bond acceptors (Lipinski definition) is 8. The third kappa shape index (κ3) is 8.53. The van der Waals surface area contributed by atoms with Gasteiger partial charge in [0.25, 0.3) is 0 Å². The summed E-state index contributed by atoms with van der Waals surface area (Å²) in [5.74, 6) is -0.926. The summed E-state index contributed by atoms with van der Waals surface area (Å²) >= 11 is 2.19. The third-order valence-electron chi connectivity index (χ3n) is 5.22. The van der Waals surface area contributed by atoms with Crippen LogP contribution in [0.2, 0.25) is 0 Å². The summed E-state index contributed by atoms with van der Waals surface area (Å²) in [6.45, 7) is 4.64. The molecular weight excluding hydrogens is 618 g/mol. The van der Waals surface area contributed by atoms with Crippen LogP contribution in [0.5, 0.6) is 0 Å². The molecule has 0 atom stereocenters. The van der Waals surface area contributed by atoms with Gasteiger partial charge in [0.1, 0.15) is 23.9 Å². The molecule has 3 rings (SSSR count). The van der Waals surface area contributed by atoms with Crippen LogP contribution >= 0.6 is 22.6 Å². The first-order valence-corrected chi connectivity index (χ1v) is 14.4. The Morgan fingerprint density at radius 2 is 1.86 bits per heavy atom. The van der Waals surface area contributed by atoms with Crippen LogP contribution in [0.4, 0.5) is 4.39 Å². The van der Waals surface area contributed by atoms with E-state index in [-0.39, 0.29) is 36.2 Å². The highest BCUT2D eigenvalue weighted by Crippen LogP contribution is 2.22. The molecule has 3 aromatic rings. The number of aryl methyl sites for hydroxylation is 2. The Labute approximate surface area is 228 Å². The van der Waals surface area contributed by atoms with Gasteiger partial charge in [-0.3, -0.25) is 0 Å². The molecule has 0 amide bonds. The Kier molecular flexibility index (Phi) is 10.5. The average Bonchev–Trinajstić information content (AvgIpc) is 3.24. The van der Waals surface area contributed by atoms with Gasteiger partial charge in [0.2, 0.25) is 10.0 Å². The number of hydrogen-bond donors (Lipinski definition) is 1. The molecule has 0 fully saturated rings. The van der Waals surface area contributed by atoms with Crippen molar-refractivity contribution >= 4 is 38.6 Å². The zero-order valence-electron chi connectivity index (χ0n) is 20.4. The molecule has 0 saturated carbocycles. The molecule has 0 saturated heterocycles. The quantitative estimate of drug-likeness (QED) is 0.130. The van der Waals surface area contributed by atoms with E-state index >= 15 is 0 Å². The lowest BCUT2D eigenvalue weighted by Crippen LogP contribution is -2.15. The van der Waals surface area contributed by atoms with Crippen molar-refractivity contribution in [1.29, 1.82) is 0 Å². The fourth-order valence-corrected chi connectivity index (χ4v) is 4.21. The van der Waals surface area contributed by atoms with Gasteiger partial charge in [-0.1, -0.05) is 46.4 Å². The van der Waals surface area contributed by atoms with Crippen LogP contribution in [0.1, 0.15) is 28.3 Å². The van der Waals surface area contributed by atoms with Crippen LogP contribution in [-0.2, 0) is 42.1 Å². The van der Waals surface area contributed by atoms with Crippen molar-refractivity contribution in [2.45, 2.75) is 31.8 Å². The molecule has 13 heteroatoms. The van der Waals surface area contributed by atoms with Gasteiger partial charge >= 0.3 is 5.97 Å². The zero-order chi connectivity index (χ0) is 27.0. The van der Waals surface area contributed by atoms with E-state index in [0.717, 1.165) is 27.2 Å². The highest BCUT2D eigenvalue weighted by atomic mass is 127. The Hall–Kier alpha value is -2.46. The van der Waals surface area contributed by atoms with Crippen molar-refractivity contribution in [1.82, 2.24) is 14.8 Å². The number of primary sulfonamides is 1. The Balaban J connectivity index is 1.81. The van der Waals surface area contributed by atoms with E-state index in [0.29, 0.717) is 25.5 Å². The van der Waals surface area contributed by atoms with E-state index < -0.39 is 21.8 Å². The molecule has 0 bridgehead atoms. The summed E-state index contributed by atoms with van der Waals surface area (Å²) in [5, 5.41) is 9.45. The second kappa shape index (κ2) is 13.4. The van der Waals surface area contributed by atoms with Gasteiger partial charge in [-0.25, -0.2) is 32.4 Å². The summed E-state index contributed by atoms with van der Waals surface area (Å²) in [6.07, 6.45) is 0.311. The van der Waals surface area contributed by atoms with E-state index in [1.54, 1.807) is 0 Å². The number of ether oxygens (including phenoxy) is 3. The average molecular weight is 646 g/mol. The number of esters is 1. The molecule has 2 N–H and O–H groups in total. The van der Waals surface area contributed by atoms with Gasteiger partial charge in [0.05, 0.1) is 24.7 Å². The van der Waals surface area contributed by atoms with Gasteiger partial charge in [-0.15, -0.1) is 5.10 Å². The number of carbonyl (C=O) groups is 1. The van der Waals surface area contributed by atoms with Crippen molar-refractivity contribution in [2.24, 2.45) is 5.14 Å². The van der Waals surface area contributed by atoms with Crippen LogP contribution < -0.4 is 5.14 Å². The van der Waals surface area contributed by atoms with E-state index in [9.17, 15) is 17.6 Å². The second-order valence-corrected chi connectivity index (χ2v) is 10.8. The minimum atomic E-state index is -4.08. The molecule has 0 unspecified atom stereocenters. The lowest BCUT2D eigenvalue weighted by molar-refractivity contribution is -0.151. The molecular formula is C24H28FIN4O6S. The smallest absolute Gasteiger partial charge is 0.332 e. The molecule has 0 radical (unpaired) electrons. The molecule has 0 spiro atoms. The van der Waals surface area contributed by atoms with E-state index in [4.69, 9.17) is 19.3 Å². The predicted molar refractivity (Wildman–Crippen MR) is 142 cm³/mol. The summed E-state index contributed by atoms with van der Waals surface area (Å²) in [4.78, 5) is 16.2. The minimum Gasteiger partial charge on any atom is -0.456 e. The van der Waals surface area contributed by atoms with E-state index in [2.05, 4.69) is 32.7 Å². The first-order valence-electron chi connectivity index (χ1n) is 11.3. The molecule has 0 aliphatic heterocycles. The standard InChI is InChI=1S/C24H28FIN4O6S/c1-16-3-4-17(2)18(11-16)12-23-28-22(14-36-24(31)15-35-10-9-34-8-7-26)29-30(23)21-6-5-19(13-20(21)25)37(27,32)33/h3-6,11,13H,7-10,12,14-15H2,1-2H3,(H2,27,32,33). The number of rotatable bonds is 13. The van der Waals surface area contributed by atoms with Gasteiger partial charge < -0.3 is 14.2 Å². The zero-order valence-corrected chi connectivity index (χ0v) is 23.4. The molecule has 10 nitrogen and oxygen atoms in total. The van der Waals surface area contributed by atoms with Gasteiger partial charge in [-0.05, 0) is 43.2 Å². The van der Waals surface area contributed by atoms with E-state index in [1.165, 1.54) is 16.8 Å².